The second-order valence-electron chi connectivity index (χ2n) is 10.9. The van der Waals surface area contributed by atoms with E-state index in [0.29, 0.717) is 32.1 Å². The van der Waals surface area contributed by atoms with Gasteiger partial charge in [0.15, 0.2) is 0 Å². The van der Waals surface area contributed by atoms with E-state index in [0.717, 1.165) is 34.0 Å². The number of aliphatic hydroxyl groups is 2. The van der Waals surface area contributed by atoms with E-state index in [1.54, 1.807) is 12.3 Å². The summed E-state index contributed by atoms with van der Waals surface area (Å²) >= 11 is 0. The van der Waals surface area contributed by atoms with Crippen molar-refractivity contribution in [3.05, 3.63) is 58.8 Å². The van der Waals surface area contributed by atoms with E-state index in [4.69, 9.17) is 0 Å². The van der Waals surface area contributed by atoms with Crippen LogP contribution in [-0.4, -0.2) is 38.3 Å². The number of benzene rings is 1. The lowest BCUT2D eigenvalue weighted by Crippen LogP contribution is -2.51. The number of aliphatic hydroxyl groups excluding tert-OH is 1. The molecular weight excluding hydrogens is 441 g/mol. The number of rotatable bonds is 1. The number of fused-ring (bicyclic) bond motifs is 5. The Hall–Kier alpha value is -2.38. The average molecular weight is 471 g/mol. The van der Waals surface area contributed by atoms with Crippen molar-refractivity contribution in [2.75, 3.05) is 0 Å². The minimum Gasteiger partial charge on any atom is -0.393 e. The smallest absolute Gasteiger partial charge is 0.393 e. The van der Waals surface area contributed by atoms with E-state index in [1.165, 1.54) is 0 Å². The number of alkyl halides is 3. The summed E-state index contributed by atoms with van der Waals surface area (Å²) in [7, 11) is 0. The van der Waals surface area contributed by atoms with Crippen molar-refractivity contribution in [2.45, 2.75) is 69.8 Å². The van der Waals surface area contributed by atoms with Crippen LogP contribution in [0.2, 0.25) is 0 Å². The van der Waals surface area contributed by atoms with E-state index in [1.807, 2.05) is 31.2 Å². The van der Waals surface area contributed by atoms with Gasteiger partial charge in [-0.05, 0) is 79.7 Å². The lowest BCUT2D eigenvalue weighted by molar-refractivity contribution is -0.113. The Balaban J connectivity index is 1.49. The molecule has 2 aromatic rings. The van der Waals surface area contributed by atoms with Gasteiger partial charge in [0.1, 0.15) is 0 Å². The van der Waals surface area contributed by atoms with Crippen molar-refractivity contribution in [1.82, 2.24) is 10.2 Å². The van der Waals surface area contributed by atoms with Crippen LogP contribution < -0.4 is 0 Å². The molecule has 1 aromatic heterocycles. The van der Waals surface area contributed by atoms with Crippen LogP contribution in [-0.2, 0) is 0 Å². The Morgan fingerprint density at radius 3 is 2.79 bits per heavy atom. The third-order valence-corrected chi connectivity index (χ3v) is 9.00. The van der Waals surface area contributed by atoms with Gasteiger partial charge < -0.3 is 10.2 Å². The predicted molar refractivity (Wildman–Crippen MR) is 124 cm³/mol. The molecule has 3 N–H and O–H groups in total. The molecule has 0 spiro atoms. The number of nitrogens with one attached hydrogen (secondary N) is 1. The highest BCUT2D eigenvalue weighted by Crippen LogP contribution is 2.64. The molecule has 4 aliphatic rings. The first-order chi connectivity index (χ1) is 16.1. The van der Waals surface area contributed by atoms with Crippen molar-refractivity contribution >= 4 is 16.5 Å². The summed E-state index contributed by atoms with van der Waals surface area (Å²) in [6.07, 6.45) is 3.47. The third kappa shape index (κ3) is 3.16. The van der Waals surface area contributed by atoms with Gasteiger partial charge in [-0.15, -0.1) is 0 Å². The highest BCUT2D eigenvalue weighted by Gasteiger charge is 2.60. The van der Waals surface area contributed by atoms with Gasteiger partial charge in [0.05, 0.1) is 23.4 Å². The van der Waals surface area contributed by atoms with Crippen LogP contribution in [0.5, 0.6) is 0 Å². The SMILES string of the molecule is CC12CC(C(F)(F)F)=C3C=C4CC(O)CCC4CC[C@]3(O)C1CC=C2c1ccc2[nH]ncc2c1. The summed E-state index contributed by atoms with van der Waals surface area (Å²) in [5.74, 6) is -0.207. The number of halogens is 3. The van der Waals surface area contributed by atoms with Gasteiger partial charge in [-0.25, -0.2) is 0 Å². The minimum absolute atomic E-state index is 0.0500. The van der Waals surface area contributed by atoms with E-state index in [2.05, 4.69) is 10.2 Å². The second-order valence-corrected chi connectivity index (χ2v) is 10.9. The van der Waals surface area contributed by atoms with Gasteiger partial charge in [0.25, 0.3) is 0 Å². The zero-order valence-corrected chi connectivity index (χ0v) is 19.1. The number of aromatic amines is 1. The molecule has 7 heteroatoms. The molecule has 1 heterocycles. The maximum Gasteiger partial charge on any atom is 0.413 e. The maximum atomic E-state index is 14.6. The van der Waals surface area contributed by atoms with Crippen molar-refractivity contribution < 1.29 is 23.4 Å². The molecular formula is C27H29F3N2O2. The standard InChI is InChI=1S/C27H29F3N2O2/c1-25-13-22(27(28,29)30)21-12-17-11-19(33)4-2-15(17)8-9-26(21,34)24(25)7-5-20(25)16-3-6-23-18(10-16)14-31-32-23/h3,5-6,10,12,14-15,19,24,33-34H,2,4,7-9,11,13H2,1H3,(H,31,32)/t15?,19?,24?,25?,26-/m1/s1. The zero-order chi connectivity index (χ0) is 23.9. The Morgan fingerprint density at radius 1 is 1.18 bits per heavy atom. The Labute approximate surface area is 196 Å². The van der Waals surface area contributed by atoms with E-state index in [9.17, 15) is 23.4 Å². The fraction of sp³-hybridized carbons (Fsp3) is 0.519. The summed E-state index contributed by atoms with van der Waals surface area (Å²) < 4.78 is 43.7. The third-order valence-electron chi connectivity index (χ3n) is 9.00. The largest absolute Gasteiger partial charge is 0.413 e. The molecule has 4 unspecified atom stereocenters. The summed E-state index contributed by atoms with van der Waals surface area (Å²) in [5, 5.41) is 30.2. The van der Waals surface area contributed by atoms with Gasteiger partial charge in [-0.2, -0.15) is 18.3 Å². The number of hydrogen-bond acceptors (Lipinski definition) is 3. The first-order valence-electron chi connectivity index (χ1n) is 12.2. The fourth-order valence-corrected chi connectivity index (χ4v) is 7.31. The molecule has 5 atom stereocenters. The second kappa shape index (κ2) is 7.31. The molecule has 34 heavy (non-hydrogen) atoms. The minimum atomic E-state index is -4.54. The van der Waals surface area contributed by atoms with Crippen molar-refractivity contribution in [1.29, 1.82) is 0 Å². The topological polar surface area (TPSA) is 69.1 Å². The zero-order valence-electron chi connectivity index (χ0n) is 19.1. The Bertz CT molecular complexity index is 1260. The van der Waals surface area contributed by atoms with Crippen molar-refractivity contribution in [3.8, 4) is 0 Å². The maximum absolute atomic E-state index is 14.6. The lowest BCUT2D eigenvalue weighted by atomic mass is 9.56. The number of allylic oxidation sites excluding steroid dienone is 3. The Morgan fingerprint density at radius 2 is 2.00 bits per heavy atom. The van der Waals surface area contributed by atoms with Gasteiger partial charge >= 0.3 is 6.18 Å². The number of H-pyrrole nitrogens is 1. The summed E-state index contributed by atoms with van der Waals surface area (Å²) in [5.41, 5.74) is 0.555. The summed E-state index contributed by atoms with van der Waals surface area (Å²) in [6.45, 7) is 1.89. The molecule has 1 fully saturated rings. The molecule has 1 aromatic carbocycles. The molecule has 0 amide bonds. The molecule has 1 saturated carbocycles. The first kappa shape index (κ1) is 22.1. The Kier molecular flexibility index (Phi) is 4.75. The van der Waals surface area contributed by atoms with Gasteiger partial charge in [-0.3, -0.25) is 5.10 Å². The van der Waals surface area contributed by atoms with Crippen LogP contribution in [0.15, 0.2) is 53.3 Å². The quantitative estimate of drug-likeness (QED) is 0.490. The van der Waals surface area contributed by atoms with Crippen LogP contribution in [0.4, 0.5) is 13.2 Å². The fourth-order valence-electron chi connectivity index (χ4n) is 7.31. The number of nitrogens with zero attached hydrogens (tertiary/aromatic N) is 1. The molecule has 4 aliphatic carbocycles. The highest BCUT2D eigenvalue weighted by molar-refractivity contribution is 5.85. The summed E-state index contributed by atoms with van der Waals surface area (Å²) in [6, 6.07) is 5.81. The van der Waals surface area contributed by atoms with Gasteiger partial charge in [0, 0.05) is 22.3 Å². The van der Waals surface area contributed by atoms with Gasteiger partial charge in [-0.1, -0.05) is 30.7 Å². The van der Waals surface area contributed by atoms with Crippen LogP contribution in [0.3, 0.4) is 0 Å². The van der Waals surface area contributed by atoms with Crippen molar-refractivity contribution in [2.24, 2.45) is 17.3 Å². The lowest BCUT2D eigenvalue weighted by Gasteiger charge is -2.50. The van der Waals surface area contributed by atoms with E-state index in [-0.39, 0.29) is 23.8 Å². The van der Waals surface area contributed by atoms with Crippen molar-refractivity contribution in [3.63, 3.8) is 0 Å². The summed E-state index contributed by atoms with van der Waals surface area (Å²) in [4.78, 5) is 0. The van der Waals surface area contributed by atoms with Crippen LogP contribution in [0.1, 0.15) is 57.4 Å². The molecule has 0 aliphatic heterocycles. The molecule has 180 valence electrons. The van der Waals surface area contributed by atoms with Crippen LogP contribution in [0, 0.1) is 17.3 Å². The predicted octanol–water partition coefficient (Wildman–Crippen LogP) is 5.85. The molecule has 6 rings (SSSR count). The number of hydrogen-bond donors (Lipinski definition) is 3. The number of aromatic nitrogens is 2. The molecule has 0 radical (unpaired) electrons. The van der Waals surface area contributed by atoms with Gasteiger partial charge in [0.2, 0.25) is 0 Å². The van der Waals surface area contributed by atoms with E-state index >= 15 is 0 Å². The molecule has 0 saturated heterocycles. The normalized spacial score (nSPS) is 35.9. The first-order valence-corrected chi connectivity index (χ1v) is 12.2. The van der Waals surface area contributed by atoms with E-state index < -0.39 is 28.9 Å². The molecule has 4 nitrogen and oxygen atoms in total. The van der Waals surface area contributed by atoms with Crippen LogP contribution >= 0.6 is 0 Å². The monoisotopic (exact) mass is 470 g/mol. The molecule has 0 bridgehead atoms. The highest BCUT2D eigenvalue weighted by atomic mass is 19.4. The van der Waals surface area contributed by atoms with Crippen LogP contribution in [0.25, 0.3) is 16.5 Å². The average Bonchev–Trinajstić information content (AvgIpc) is 3.34.